The predicted octanol–water partition coefficient (Wildman–Crippen LogP) is 3.95. The lowest BCUT2D eigenvalue weighted by molar-refractivity contribution is -0.122. The molecule has 7 heteroatoms. The van der Waals surface area contributed by atoms with Crippen LogP contribution >= 0.6 is 0 Å². The Bertz CT molecular complexity index is 1060. The fourth-order valence-corrected chi connectivity index (χ4v) is 3.51. The third kappa shape index (κ3) is 4.33. The molecule has 2 heterocycles. The van der Waals surface area contributed by atoms with Crippen molar-refractivity contribution in [1.29, 1.82) is 5.26 Å². The number of benzene rings is 2. The summed E-state index contributed by atoms with van der Waals surface area (Å²) in [7, 11) is 0. The number of rotatable bonds is 5. The van der Waals surface area contributed by atoms with Crippen LogP contribution in [-0.2, 0) is 17.8 Å². The molecule has 0 aliphatic carbocycles. The quantitative estimate of drug-likeness (QED) is 0.699. The van der Waals surface area contributed by atoms with E-state index >= 15 is 0 Å². The number of nitriles is 1. The van der Waals surface area contributed by atoms with Crippen LogP contribution in [-0.4, -0.2) is 26.8 Å². The van der Waals surface area contributed by atoms with Crippen molar-refractivity contribution in [3.63, 3.8) is 0 Å². The maximum Gasteiger partial charge on any atom is 0.265 e. The molecule has 0 unspecified atom stereocenters. The van der Waals surface area contributed by atoms with E-state index in [4.69, 9.17) is 10.00 Å². The van der Waals surface area contributed by atoms with E-state index < -0.39 is 6.10 Å². The van der Waals surface area contributed by atoms with Crippen LogP contribution in [0, 0.1) is 11.3 Å². The fraction of sp³-hybridized carbons (Fsp3) is 0.304. The first-order valence-electron chi connectivity index (χ1n) is 10.1. The monoisotopic (exact) mass is 401 g/mol. The van der Waals surface area contributed by atoms with Crippen LogP contribution in [0.15, 0.2) is 48.5 Å². The Morgan fingerprint density at radius 2 is 1.87 bits per heavy atom. The summed E-state index contributed by atoms with van der Waals surface area (Å²) < 4.78 is 7.86. The van der Waals surface area contributed by atoms with E-state index in [0.717, 1.165) is 43.0 Å². The number of nitrogens with one attached hydrogen (secondary N) is 1. The van der Waals surface area contributed by atoms with E-state index in [0.29, 0.717) is 17.0 Å². The van der Waals surface area contributed by atoms with Gasteiger partial charge in [-0.25, -0.2) is 0 Å². The van der Waals surface area contributed by atoms with Crippen LogP contribution in [0.25, 0.3) is 11.4 Å². The molecule has 0 fully saturated rings. The Hall–Kier alpha value is -3.66. The molecule has 0 radical (unpaired) electrons. The number of aryl methyl sites for hydroxylation is 1. The molecule has 0 spiro atoms. The van der Waals surface area contributed by atoms with E-state index in [-0.39, 0.29) is 5.91 Å². The largest absolute Gasteiger partial charge is 0.481 e. The number of ether oxygens (including phenoxy) is 1. The van der Waals surface area contributed by atoms with Gasteiger partial charge < -0.3 is 14.6 Å². The number of carbonyl (C=O) groups is 1. The lowest BCUT2D eigenvalue weighted by Crippen LogP contribution is -2.30. The Morgan fingerprint density at radius 3 is 2.60 bits per heavy atom. The summed E-state index contributed by atoms with van der Waals surface area (Å²) in [5.41, 5.74) is 2.22. The predicted molar refractivity (Wildman–Crippen MR) is 113 cm³/mol. The Labute approximate surface area is 175 Å². The van der Waals surface area contributed by atoms with Gasteiger partial charge in [-0.3, -0.25) is 4.79 Å². The van der Waals surface area contributed by atoms with Crippen LogP contribution in [0.2, 0.25) is 0 Å². The minimum Gasteiger partial charge on any atom is -0.481 e. The Balaban J connectivity index is 1.40. The maximum absolute atomic E-state index is 12.5. The third-order valence-electron chi connectivity index (χ3n) is 5.19. The molecule has 0 bridgehead atoms. The molecule has 1 amide bonds. The second-order valence-corrected chi connectivity index (χ2v) is 7.36. The fourth-order valence-electron chi connectivity index (χ4n) is 3.51. The van der Waals surface area contributed by atoms with Crippen molar-refractivity contribution in [3.05, 3.63) is 59.9 Å². The van der Waals surface area contributed by atoms with Gasteiger partial charge in [0.05, 0.1) is 11.6 Å². The molecule has 7 nitrogen and oxygen atoms in total. The first-order chi connectivity index (χ1) is 14.6. The van der Waals surface area contributed by atoms with Gasteiger partial charge in [0.25, 0.3) is 5.91 Å². The molecule has 1 aromatic heterocycles. The van der Waals surface area contributed by atoms with Crippen molar-refractivity contribution < 1.29 is 9.53 Å². The zero-order valence-corrected chi connectivity index (χ0v) is 16.8. The number of fused-ring (bicyclic) bond motifs is 1. The van der Waals surface area contributed by atoms with E-state index in [9.17, 15) is 4.79 Å². The van der Waals surface area contributed by atoms with Gasteiger partial charge >= 0.3 is 0 Å². The molecule has 30 heavy (non-hydrogen) atoms. The zero-order chi connectivity index (χ0) is 20.9. The smallest absolute Gasteiger partial charge is 0.265 e. The summed E-state index contributed by atoms with van der Waals surface area (Å²) in [6, 6.07) is 16.3. The van der Waals surface area contributed by atoms with Crippen LogP contribution in [0.1, 0.15) is 37.6 Å². The highest BCUT2D eigenvalue weighted by Crippen LogP contribution is 2.24. The van der Waals surface area contributed by atoms with Gasteiger partial charge in [-0.2, -0.15) is 5.26 Å². The van der Waals surface area contributed by atoms with Gasteiger partial charge in [0.2, 0.25) is 0 Å². The van der Waals surface area contributed by atoms with Crippen LogP contribution < -0.4 is 10.1 Å². The number of carbonyl (C=O) groups excluding carboxylic acids is 1. The normalized spacial score (nSPS) is 14.1. The molecule has 1 N–H and O–H groups in total. The van der Waals surface area contributed by atoms with Gasteiger partial charge in [0.1, 0.15) is 11.6 Å². The molecule has 3 aromatic rings. The molecule has 152 valence electrons. The van der Waals surface area contributed by atoms with Gasteiger partial charge in [0.15, 0.2) is 11.9 Å². The molecule has 1 aliphatic heterocycles. The van der Waals surface area contributed by atoms with Crippen molar-refractivity contribution in [2.75, 3.05) is 5.32 Å². The number of nitrogens with zero attached hydrogens (tertiary/aromatic N) is 4. The summed E-state index contributed by atoms with van der Waals surface area (Å²) >= 11 is 0. The van der Waals surface area contributed by atoms with Crippen molar-refractivity contribution in [2.45, 2.75) is 45.3 Å². The molecular formula is C23H23N5O2. The van der Waals surface area contributed by atoms with Gasteiger partial charge in [-0.15, -0.1) is 10.2 Å². The minimum absolute atomic E-state index is 0.247. The Morgan fingerprint density at radius 1 is 1.10 bits per heavy atom. The average molecular weight is 401 g/mol. The van der Waals surface area contributed by atoms with E-state index in [1.165, 1.54) is 6.42 Å². The van der Waals surface area contributed by atoms with Gasteiger partial charge in [-0.1, -0.05) is 6.42 Å². The topological polar surface area (TPSA) is 92.8 Å². The number of amides is 1. The lowest BCUT2D eigenvalue weighted by Gasteiger charge is -2.15. The highest BCUT2D eigenvalue weighted by Gasteiger charge is 2.17. The number of hydrogen-bond acceptors (Lipinski definition) is 5. The zero-order valence-electron chi connectivity index (χ0n) is 16.8. The molecule has 1 aliphatic rings. The second kappa shape index (κ2) is 8.78. The highest BCUT2D eigenvalue weighted by molar-refractivity contribution is 5.94. The van der Waals surface area contributed by atoms with Crippen molar-refractivity contribution in [2.24, 2.45) is 0 Å². The molecular weight excluding hydrogens is 378 g/mol. The summed E-state index contributed by atoms with van der Waals surface area (Å²) in [5.74, 6) is 2.22. The van der Waals surface area contributed by atoms with Crippen molar-refractivity contribution in [3.8, 4) is 23.2 Å². The Kier molecular flexibility index (Phi) is 5.75. The third-order valence-corrected chi connectivity index (χ3v) is 5.19. The summed E-state index contributed by atoms with van der Waals surface area (Å²) in [4.78, 5) is 12.5. The van der Waals surface area contributed by atoms with Crippen molar-refractivity contribution >= 4 is 11.6 Å². The molecule has 0 saturated heterocycles. The van der Waals surface area contributed by atoms with Crippen LogP contribution in [0.4, 0.5) is 5.69 Å². The average Bonchev–Trinajstić information content (AvgIpc) is 3.02. The number of anilines is 1. The number of hydrogen-bond donors (Lipinski definition) is 1. The number of aromatic nitrogens is 3. The van der Waals surface area contributed by atoms with Crippen LogP contribution in [0.5, 0.6) is 5.75 Å². The maximum atomic E-state index is 12.5. The van der Waals surface area contributed by atoms with Crippen LogP contribution in [0.3, 0.4) is 0 Å². The summed E-state index contributed by atoms with van der Waals surface area (Å²) in [5, 5.41) is 20.4. The van der Waals surface area contributed by atoms with E-state index in [2.05, 4.69) is 26.2 Å². The molecule has 1 atom stereocenters. The molecule has 4 rings (SSSR count). The van der Waals surface area contributed by atoms with Gasteiger partial charge in [-0.05, 0) is 68.3 Å². The first-order valence-corrected chi connectivity index (χ1v) is 10.1. The van der Waals surface area contributed by atoms with Crippen molar-refractivity contribution in [1.82, 2.24) is 14.8 Å². The van der Waals surface area contributed by atoms with Gasteiger partial charge in [0, 0.05) is 24.2 Å². The standard InChI is InChI=1S/C23H23N5O2/c1-16(30-20-12-6-17(15-24)7-13-20)23(29)25-19-10-8-18(9-11-19)22-27-26-21-5-3-2-4-14-28(21)22/h6-13,16H,2-5,14H2,1H3,(H,25,29)/t16-/m1/s1. The molecule has 0 saturated carbocycles. The van der Waals surface area contributed by atoms with E-state index in [1.54, 1.807) is 31.2 Å². The highest BCUT2D eigenvalue weighted by atomic mass is 16.5. The summed E-state index contributed by atoms with van der Waals surface area (Å²) in [6.07, 6.45) is 3.81. The second-order valence-electron chi connectivity index (χ2n) is 7.36. The first kappa shape index (κ1) is 19.6. The summed E-state index contributed by atoms with van der Waals surface area (Å²) in [6.45, 7) is 2.63. The van der Waals surface area contributed by atoms with E-state index in [1.807, 2.05) is 24.3 Å². The minimum atomic E-state index is -0.676. The SMILES string of the molecule is C[C@@H](Oc1ccc(C#N)cc1)C(=O)Nc1ccc(-c2nnc3n2CCCCC3)cc1. The molecule has 2 aromatic carbocycles. The lowest BCUT2D eigenvalue weighted by atomic mass is 10.2.